The molecule has 0 bridgehead atoms. The molecule has 0 saturated heterocycles. The minimum atomic E-state index is -0.285. The summed E-state index contributed by atoms with van der Waals surface area (Å²) in [4.78, 5) is 8.77. The summed E-state index contributed by atoms with van der Waals surface area (Å²) < 4.78 is 20.5. The lowest BCUT2D eigenvalue weighted by molar-refractivity contribution is 0.571. The highest BCUT2D eigenvalue weighted by Crippen LogP contribution is 2.19. The van der Waals surface area contributed by atoms with Gasteiger partial charge < -0.3 is 15.1 Å². The van der Waals surface area contributed by atoms with Crippen molar-refractivity contribution in [3.8, 4) is 11.5 Å². The molecule has 8 heteroatoms. The normalized spacial score (nSPS) is 11.5. The van der Waals surface area contributed by atoms with E-state index in [0.29, 0.717) is 31.4 Å². The second-order valence-electron chi connectivity index (χ2n) is 7.23. The molecule has 0 aliphatic carbocycles. The summed E-state index contributed by atoms with van der Waals surface area (Å²) in [6.07, 6.45) is 6.03. The molecule has 32 heavy (non-hydrogen) atoms. The van der Waals surface area contributed by atoms with Crippen LogP contribution in [0.2, 0.25) is 0 Å². The van der Waals surface area contributed by atoms with Gasteiger partial charge in [0.25, 0.3) is 0 Å². The Hall–Kier alpha value is -3.94. The summed E-state index contributed by atoms with van der Waals surface area (Å²) in [6, 6.07) is 16.3. The molecule has 0 aliphatic rings. The highest BCUT2D eigenvalue weighted by molar-refractivity contribution is 5.79. The number of hydrogen-bond donors (Lipinski definition) is 2. The largest absolute Gasteiger partial charge is 0.444 e. The van der Waals surface area contributed by atoms with Gasteiger partial charge in [-0.2, -0.15) is 5.10 Å². The number of halogens is 1. The molecular formula is C24H25FN6O. The first kappa shape index (κ1) is 21.3. The van der Waals surface area contributed by atoms with Crippen molar-refractivity contribution in [3.63, 3.8) is 0 Å². The van der Waals surface area contributed by atoms with E-state index in [1.165, 1.54) is 23.3 Å². The Morgan fingerprint density at radius 2 is 1.88 bits per heavy atom. The number of rotatable bonds is 8. The maximum absolute atomic E-state index is 13.1. The van der Waals surface area contributed by atoms with Gasteiger partial charge in [-0.25, -0.2) is 9.37 Å². The van der Waals surface area contributed by atoms with Crippen LogP contribution in [0.3, 0.4) is 0 Å². The van der Waals surface area contributed by atoms with Crippen LogP contribution in [0.4, 0.5) is 4.39 Å². The number of oxazole rings is 1. The second-order valence-corrected chi connectivity index (χ2v) is 7.23. The molecule has 4 rings (SSSR count). The minimum Gasteiger partial charge on any atom is -0.444 e. The smallest absolute Gasteiger partial charge is 0.226 e. The van der Waals surface area contributed by atoms with Gasteiger partial charge >= 0.3 is 0 Å². The molecular weight excluding hydrogens is 407 g/mol. The highest BCUT2D eigenvalue weighted by Gasteiger charge is 2.08. The average molecular weight is 433 g/mol. The van der Waals surface area contributed by atoms with Crippen LogP contribution in [0, 0.1) is 5.82 Å². The SMILES string of the molecule is CN=C(NCCc1coc(-c2ccc(F)cc2)n1)NCc1ccccc1Cn1cccn1. The molecule has 2 heterocycles. The molecule has 0 radical (unpaired) electrons. The molecule has 0 fully saturated rings. The van der Waals surface area contributed by atoms with Gasteiger partial charge in [0.15, 0.2) is 5.96 Å². The van der Waals surface area contributed by atoms with E-state index in [1.54, 1.807) is 31.6 Å². The molecule has 0 aliphatic heterocycles. The Morgan fingerprint density at radius 1 is 1.06 bits per heavy atom. The lowest BCUT2D eigenvalue weighted by Gasteiger charge is -2.14. The van der Waals surface area contributed by atoms with Crippen LogP contribution < -0.4 is 10.6 Å². The Balaban J connectivity index is 1.28. The first-order valence-corrected chi connectivity index (χ1v) is 10.4. The number of hydrogen-bond acceptors (Lipinski definition) is 4. The molecule has 0 amide bonds. The monoisotopic (exact) mass is 432 g/mol. The third-order valence-electron chi connectivity index (χ3n) is 5.00. The quantitative estimate of drug-likeness (QED) is 0.328. The van der Waals surface area contributed by atoms with Gasteiger partial charge in [-0.05, 0) is 41.5 Å². The van der Waals surface area contributed by atoms with Crippen LogP contribution in [-0.4, -0.2) is 34.3 Å². The Bertz CT molecular complexity index is 1150. The zero-order valence-corrected chi connectivity index (χ0v) is 17.8. The third kappa shape index (κ3) is 5.60. The summed E-state index contributed by atoms with van der Waals surface area (Å²) in [5.74, 6) is 0.907. The van der Waals surface area contributed by atoms with E-state index in [0.717, 1.165) is 17.8 Å². The van der Waals surface area contributed by atoms with Crippen molar-refractivity contribution < 1.29 is 8.81 Å². The standard InChI is InChI=1S/C24H25FN6O/c1-26-24(28-15-19-5-2-3-6-20(19)16-31-14-4-12-29-31)27-13-11-22-17-32-23(30-22)18-7-9-21(25)10-8-18/h2-10,12,14,17H,11,13,15-16H2,1H3,(H2,26,27,28). The Kier molecular flexibility index (Phi) is 6.91. The predicted molar refractivity (Wildman–Crippen MR) is 122 cm³/mol. The fourth-order valence-corrected chi connectivity index (χ4v) is 3.31. The number of nitrogens with zero attached hydrogens (tertiary/aromatic N) is 4. The molecule has 2 N–H and O–H groups in total. The second kappa shape index (κ2) is 10.4. The predicted octanol–water partition coefficient (Wildman–Crippen LogP) is 3.63. The molecule has 7 nitrogen and oxygen atoms in total. The molecule has 2 aromatic carbocycles. The molecule has 164 valence electrons. The van der Waals surface area contributed by atoms with Gasteiger partial charge in [-0.1, -0.05) is 24.3 Å². The van der Waals surface area contributed by atoms with Crippen LogP contribution in [0.1, 0.15) is 16.8 Å². The van der Waals surface area contributed by atoms with Crippen molar-refractivity contribution in [2.24, 2.45) is 4.99 Å². The van der Waals surface area contributed by atoms with Crippen LogP contribution in [-0.2, 0) is 19.5 Å². The summed E-state index contributed by atoms with van der Waals surface area (Å²) in [5, 5.41) is 10.9. The summed E-state index contributed by atoms with van der Waals surface area (Å²) in [6.45, 7) is 2.01. The minimum absolute atomic E-state index is 0.285. The zero-order valence-electron chi connectivity index (χ0n) is 17.8. The lowest BCUT2D eigenvalue weighted by Crippen LogP contribution is -2.38. The van der Waals surface area contributed by atoms with Gasteiger partial charge in [-0.15, -0.1) is 0 Å². The van der Waals surface area contributed by atoms with Gasteiger partial charge in [-0.3, -0.25) is 9.67 Å². The van der Waals surface area contributed by atoms with E-state index in [-0.39, 0.29) is 5.82 Å². The van der Waals surface area contributed by atoms with Crippen molar-refractivity contribution in [2.75, 3.05) is 13.6 Å². The van der Waals surface area contributed by atoms with E-state index in [9.17, 15) is 4.39 Å². The molecule has 0 saturated carbocycles. The number of nitrogens with one attached hydrogen (secondary N) is 2. The van der Waals surface area contributed by atoms with Crippen LogP contribution >= 0.6 is 0 Å². The number of aromatic nitrogens is 3. The topological polar surface area (TPSA) is 80.3 Å². The number of benzene rings is 2. The van der Waals surface area contributed by atoms with Gasteiger partial charge in [0, 0.05) is 44.5 Å². The third-order valence-corrected chi connectivity index (χ3v) is 5.00. The maximum Gasteiger partial charge on any atom is 0.226 e. The van der Waals surface area contributed by atoms with Crippen molar-refractivity contribution in [1.82, 2.24) is 25.4 Å². The van der Waals surface area contributed by atoms with Gasteiger partial charge in [0.2, 0.25) is 5.89 Å². The van der Waals surface area contributed by atoms with E-state index < -0.39 is 0 Å². The summed E-state index contributed by atoms with van der Waals surface area (Å²) in [7, 11) is 1.74. The molecule has 0 unspecified atom stereocenters. The first-order chi connectivity index (χ1) is 15.7. The van der Waals surface area contributed by atoms with Crippen molar-refractivity contribution in [1.29, 1.82) is 0 Å². The summed E-state index contributed by atoms with van der Waals surface area (Å²) >= 11 is 0. The fourth-order valence-electron chi connectivity index (χ4n) is 3.31. The van der Waals surface area contributed by atoms with Gasteiger partial charge in [0.05, 0.1) is 12.2 Å². The van der Waals surface area contributed by atoms with Crippen LogP contribution in [0.15, 0.2) is 82.7 Å². The number of aliphatic imine (C=N–C) groups is 1. The van der Waals surface area contributed by atoms with Crippen LogP contribution in [0.5, 0.6) is 0 Å². The molecule has 4 aromatic rings. The first-order valence-electron chi connectivity index (χ1n) is 10.4. The van der Waals surface area contributed by atoms with Gasteiger partial charge in [0.1, 0.15) is 12.1 Å². The van der Waals surface area contributed by atoms with Crippen LogP contribution in [0.25, 0.3) is 11.5 Å². The molecule has 0 atom stereocenters. The number of guanidine groups is 1. The van der Waals surface area contributed by atoms with E-state index >= 15 is 0 Å². The van der Waals surface area contributed by atoms with E-state index in [4.69, 9.17) is 4.42 Å². The fraction of sp³-hybridized carbons (Fsp3) is 0.208. The summed E-state index contributed by atoms with van der Waals surface area (Å²) in [5.41, 5.74) is 3.95. The van der Waals surface area contributed by atoms with E-state index in [2.05, 4.69) is 37.8 Å². The van der Waals surface area contributed by atoms with Crippen molar-refractivity contribution >= 4 is 5.96 Å². The maximum atomic E-state index is 13.1. The lowest BCUT2D eigenvalue weighted by atomic mass is 10.1. The van der Waals surface area contributed by atoms with E-state index in [1.807, 2.05) is 29.1 Å². The Morgan fingerprint density at radius 3 is 2.62 bits per heavy atom. The average Bonchev–Trinajstić information content (AvgIpc) is 3.50. The zero-order chi connectivity index (χ0) is 22.2. The highest BCUT2D eigenvalue weighted by atomic mass is 19.1. The van der Waals surface area contributed by atoms with Crippen molar-refractivity contribution in [3.05, 3.63) is 95.9 Å². The Labute approximate surface area is 186 Å². The molecule has 0 spiro atoms. The molecule has 2 aromatic heterocycles. The van der Waals surface area contributed by atoms with Crippen molar-refractivity contribution in [2.45, 2.75) is 19.5 Å².